The number of hydrogen-bond donors (Lipinski definition) is 3. The standard InChI is InChI=1S/C9H17NO5/c1-9(2,3)15-5-7(12)10-4-6(11)8(13)14/h6,11H,4-5H2,1-3H3,(H,10,12)(H,13,14)/t6-/m0/s1. The number of carbonyl (C=O) groups excluding carboxylic acids is 1. The number of nitrogens with one attached hydrogen (secondary N) is 1. The molecule has 88 valence electrons. The van der Waals surface area contributed by atoms with Gasteiger partial charge >= 0.3 is 5.97 Å². The molecule has 0 aromatic rings. The Hall–Kier alpha value is -1.14. The van der Waals surface area contributed by atoms with Gasteiger partial charge in [-0.3, -0.25) is 4.79 Å². The van der Waals surface area contributed by atoms with Crippen molar-refractivity contribution in [3.05, 3.63) is 0 Å². The third kappa shape index (κ3) is 7.90. The highest BCUT2D eigenvalue weighted by atomic mass is 16.5. The summed E-state index contributed by atoms with van der Waals surface area (Å²) in [5.41, 5.74) is -0.428. The van der Waals surface area contributed by atoms with Gasteiger partial charge in [0.1, 0.15) is 6.61 Å². The van der Waals surface area contributed by atoms with Gasteiger partial charge in [-0.2, -0.15) is 0 Å². The molecule has 3 N–H and O–H groups in total. The molecule has 0 aliphatic heterocycles. The Labute approximate surface area is 88.2 Å². The highest BCUT2D eigenvalue weighted by Gasteiger charge is 2.16. The number of ether oxygens (including phenoxy) is 1. The van der Waals surface area contributed by atoms with Crippen molar-refractivity contribution in [3.63, 3.8) is 0 Å². The number of aliphatic hydroxyl groups excluding tert-OH is 1. The van der Waals surface area contributed by atoms with E-state index in [-0.39, 0.29) is 13.2 Å². The largest absolute Gasteiger partial charge is 0.479 e. The van der Waals surface area contributed by atoms with Crippen molar-refractivity contribution in [2.75, 3.05) is 13.2 Å². The lowest BCUT2D eigenvalue weighted by molar-refractivity contribution is -0.146. The summed E-state index contributed by atoms with van der Waals surface area (Å²) in [5.74, 6) is -1.82. The van der Waals surface area contributed by atoms with E-state index in [2.05, 4.69) is 5.32 Å². The SMILES string of the molecule is CC(C)(C)OCC(=O)NC[C@H](O)C(=O)O. The van der Waals surface area contributed by atoms with Crippen molar-refractivity contribution in [2.24, 2.45) is 0 Å². The Bertz CT molecular complexity index is 233. The molecule has 0 aliphatic carbocycles. The number of rotatable bonds is 5. The smallest absolute Gasteiger partial charge is 0.334 e. The minimum absolute atomic E-state index is 0.157. The summed E-state index contributed by atoms with van der Waals surface area (Å²) < 4.78 is 5.14. The Morgan fingerprint density at radius 3 is 2.33 bits per heavy atom. The van der Waals surface area contributed by atoms with Crippen LogP contribution in [0.2, 0.25) is 0 Å². The molecular weight excluding hydrogens is 202 g/mol. The molecule has 0 fully saturated rings. The molecule has 0 rings (SSSR count). The minimum atomic E-state index is -1.58. The van der Waals surface area contributed by atoms with Crippen molar-refractivity contribution in [1.29, 1.82) is 0 Å². The van der Waals surface area contributed by atoms with E-state index in [4.69, 9.17) is 14.9 Å². The molecule has 1 atom stereocenters. The van der Waals surface area contributed by atoms with Crippen LogP contribution in [-0.4, -0.2) is 46.9 Å². The summed E-state index contributed by atoms with van der Waals surface area (Å²) in [6, 6.07) is 0. The van der Waals surface area contributed by atoms with Gasteiger partial charge in [-0.1, -0.05) is 0 Å². The van der Waals surface area contributed by atoms with E-state index in [0.29, 0.717) is 0 Å². The maximum Gasteiger partial charge on any atom is 0.334 e. The molecule has 0 saturated carbocycles. The van der Waals surface area contributed by atoms with Crippen LogP contribution in [0.15, 0.2) is 0 Å². The topological polar surface area (TPSA) is 95.9 Å². The zero-order chi connectivity index (χ0) is 12.1. The van der Waals surface area contributed by atoms with E-state index >= 15 is 0 Å². The average molecular weight is 219 g/mol. The van der Waals surface area contributed by atoms with E-state index in [1.807, 2.05) is 0 Å². The summed E-state index contributed by atoms with van der Waals surface area (Å²) in [6.07, 6.45) is -1.58. The molecule has 0 radical (unpaired) electrons. The van der Waals surface area contributed by atoms with E-state index in [1.165, 1.54) is 0 Å². The first-order valence-corrected chi connectivity index (χ1v) is 4.54. The molecular formula is C9H17NO5. The summed E-state index contributed by atoms with van der Waals surface area (Å²) in [4.78, 5) is 21.3. The van der Waals surface area contributed by atoms with Crippen LogP contribution in [0.1, 0.15) is 20.8 Å². The first-order valence-electron chi connectivity index (χ1n) is 4.54. The van der Waals surface area contributed by atoms with Gasteiger partial charge < -0.3 is 20.3 Å². The number of carbonyl (C=O) groups is 2. The fraction of sp³-hybridized carbons (Fsp3) is 0.778. The van der Waals surface area contributed by atoms with Gasteiger partial charge in [0.2, 0.25) is 5.91 Å². The Balaban J connectivity index is 3.72. The van der Waals surface area contributed by atoms with Crippen LogP contribution < -0.4 is 5.32 Å². The average Bonchev–Trinajstić information content (AvgIpc) is 2.09. The van der Waals surface area contributed by atoms with E-state index < -0.39 is 23.6 Å². The molecule has 0 spiro atoms. The lowest BCUT2D eigenvalue weighted by Crippen LogP contribution is -2.39. The van der Waals surface area contributed by atoms with Crippen LogP contribution in [0, 0.1) is 0 Å². The number of carboxylic acids is 1. The number of carboxylic acid groups (broad SMARTS) is 1. The van der Waals surface area contributed by atoms with E-state index in [1.54, 1.807) is 20.8 Å². The van der Waals surface area contributed by atoms with Gasteiger partial charge in [-0.25, -0.2) is 4.79 Å². The maximum absolute atomic E-state index is 11.1. The molecule has 0 bridgehead atoms. The number of amides is 1. The van der Waals surface area contributed by atoms with Gasteiger partial charge in [0.15, 0.2) is 6.10 Å². The minimum Gasteiger partial charge on any atom is -0.479 e. The molecule has 0 aromatic carbocycles. The molecule has 0 unspecified atom stereocenters. The maximum atomic E-state index is 11.1. The van der Waals surface area contributed by atoms with E-state index in [9.17, 15) is 9.59 Å². The van der Waals surface area contributed by atoms with Crippen molar-refractivity contribution in [1.82, 2.24) is 5.32 Å². The second-order valence-corrected chi connectivity index (χ2v) is 4.06. The molecule has 1 amide bonds. The van der Waals surface area contributed by atoms with Gasteiger partial charge in [-0.05, 0) is 20.8 Å². The monoisotopic (exact) mass is 219 g/mol. The van der Waals surface area contributed by atoms with Crippen LogP contribution in [0.5, 0.6) is 0 Å². The predicted octanol–water partition coefficient (Wildman–Crippen LogP) is -0.637. The summed E-state index contributed by atoms with van der Waals surface area (Å²) in [5, 5.41) is 19.4. The molecule has 0 saturated heterocycles. The molecule has 15 heavy (non-hydrogen) atoms. The van der Waals surface area contributed by atoms with Crippen LogP contribution in [0.4, 0.5) is 0 Å². The third-order valence-corrected chi connectivity index (χ3v) is 1.41. The van der Waals surface area contributed by atoms with Gasteiger partial charge in [0.05, 0.1) is 12.1 Å². The first-order chi connectivity index (χ1) is 6.72. The number of aliphatic carboxylic acids is 1. The molecule has 0 heterocycles. The second-order valence-electron chi connectivity index (χ2n) is 4.06. The van der Waals surface area contributed by atoms with Crippen LogP contribution in [-0.2, 0) is 14.3 Å². The first kappa shape index (κ1) is 13.9. The molecule has 0 aromatic heterocycles. The zero-order valence-corrected chi connectivity index (χ0v) is 9.11. The Morgan fingerprint density at radius 1 is 1.40 bits per heavy atom. The molecule has 6 heteroatoms. The second kappa shape index (κ2) is 5.67. The fourth-order valence-corrected chi connectivity index (χ4v) is 0.631. The van der Waals surface area contributed by atoms with Crippen molar-refractivity contribution < 1.29 is 24.5 Å². The predicted molar refractivity (Wildman–Crippen MR) is 52.4 cm³/mol. The van der Waals surface area contributed by atoms with Crippen molar-refractivity contribution in [3.8, 4) is 0 Å². The summed E-state index contributed by atoms with van der Waals surface area (Å²) in [6.45, 7) is 4.92. The normalized spacial score (nSPS) is 13.3. The molecule has 0 aliphatic rings. The van der Waals surface area contributed by atoms with E-state index in [0.717, 1.165) is 0 Å². The summed E-state index contributed by atoms with van der Waals surface area (Å²) >= 11 is 0. The zero-order valence-electron chi connectivity index (χ0n) is 9.11. The van der Waals surface area contributed by atoms with Crippen LogP contribution in [0.25, 0.3) is 0 Å². The van der Waals surface area contributed by atoms with Gasteiger partial charge in [0.25, 0.3) is 0 Å². The van der Waals surface area contributed by atoms with Crippen molar-refractivity contribution in [2.45, 2.75) is 32.5 Å². The highest BCUT2D eigenvalue weighted by Crippen LogP contribution is 2.05. The van der Waals surface area contributed by atoms with Gasteiger partial charge in [-0.15, -0.1) is 0 Å². The number of hydrogen-bond acceptors (Lipinski definition) is 4. The summed E-state index contributed by atoms with van der Waals surface area (Å²) in [7, 11) is 0. The third-order valence-electron chi connectivity index (χ3n) is 1.41. The highest BCUT2D eigenvalue weighted by molar-refractivity contribution is 5.78. The van der Waals surface area contributed by atoms with Gasteiger partial charge in [0, 0.05) is 0 Å². The Morgan fingerprint density at radius 2 is 1.93 bits per heavy atom. The number of aliphatic hydroxyl groups is 1. The lowest BCUT2D eigenvalue weighted by atomic mass is 10.2. The lowest BCUT2D eigenvalue weighted by Gasteiger charge is -2.19. The Kier molecular flexibility index (Phi) is 5.24. The fourth-order valence-electron chi connectivity index (χ4n) is 0.631. The molecule has 6 nitrogen and oxygen atoms in total. The van der Waals surface area contributed by atoms with Crippen molar-refractivity contribution >= 4 is 11.9 Å². The van der Waals surface area contributed by atoms with Crippen LogP contribution in [0.3, 0.4) is 0 Å². The van der Waals surface area contributed by atoms with Crippen LogP contribution >= 0.6 is 0 Å². The quantitative estimate of drug-likeness (QED) is 0.571.